The van der Waals surface area contributed by atoms with Gasteiger partial charge in [-0.2, -0.15) is 0 Å². The molecule has 0 saturated carbocycles. The fourth-order valence-electron chi connectivity index (χ4n) is 2.66. The summed E-state index contributed by atoms with van der Waals surface area (Å²) in [6, 6.07) is 11.0. The molecule has 6 heteroatoms. The number of esters is 1. The second-order valence-electron chi connectivity index (χ2n) is 6.40. The number of carbonyl (C=O) groups excluding carboxylic acids is 3. The summed E-state index contributed by atoms with van der Waals surface area (Å²) in [5.41, 5.74) is 1.17. The molecule has 0 unspecified atom stereocenters. The van der Waals surface area contributed by atoms with Gasteiger partial charge in [-0.25, -0.2) is 9.69 Å². The Morgan fingerprint density at radius 2 is 1.65 bits per heavy atom. The summed E-state index contributed by atoms with van der Waals surface area (Å²) in [5, 5.41) is 0. The fourth-order valence-corrected chi connectivity index (χ4v) is 2.66. The van der Waals surface area contributed by atoms with E-state index in [1.807, 2.05) is 13.8 Å². The van der Waals surface area contributed by atoms with Crippen LogP contribution < -0.4 is 9.64 Å². The molecule has 0 saturated heterocycles. The van der Waals surface area contributed by atoms with E-state index in [1.54, 1.807) is 24.3 Å². The lowest BCUT2D eigenvalue weighted by Crippen LogP contribution is -2.29. The van der Waals surface area contributed by atoms with Crippen molar-refractivity contribution < 1.29 is 23.9 Å². The van der Waals surface area contributed by atoms with Crippen LogP contribution in [0.15, 0.2) is 42.5 Å². The van der Waals surface area contributed by atoms with Crippen LogP contribution in [-0.4, -0.2) is 31.5 Å². The first-order valence-electron chi connectivity index (χ1n) is 8.26. The number of benzene rings is 2. The van der Waals surface area contributed by atoms with Crippen molar-refractivity contribution in [3.8, 4) is 5.75 Å². The molecule has 0 fully saturated rings. The summed E-state index contributed by atoms with van der Waals surface area (Å²) in [5.74, 6) is -0.557. The highest BCUT2D eigenvalue weighted by Gasteiger charge is 2.37. The van der Waals surface area contributed by atoms with Gasteiger partial charge in [-0.15, -0.1) is 0 Å². The van der Waals surface area contributed by atoms with E-state index >= 15 is 0 Å². The number of nitrogens with zero attached hydrogens (tertiary/aromatic N) is 1. The largest absolute Gasteiger partial charge is 0.497 e. The summed E-state index contributed by atoms with van der Waals surface area (Å²) >= 11 is 0. The lowest BCUT2D eigenvalue weighted by molar-refractivity contribution is 0.0458. The Balaban J connectivity index is 1.88. The predicted octanol–water partition coefficient (Wildman–Crippen LogP) is 3.31. The molecule has 3 rings (SSSR count). The Kier molecular flexibility index (Phi) is 4.75. The third-order valence-corrected chi connectivity index (χ3v) is 4.00. The minimum Gasteiger partial charge on any atom is -0.497 e. The van der Waals surface area contributed by atoms with E-state index in [-0.39, 0.29) is 22.6 Å². The normalized spacial score (nSPS) is 13.2. The number of anilines is 1. The van der Waals surface area contributed by atoms with E-state index in [2.05, 4.69) is 0 Å². The molecule has 2 amide bonds. The van der Waals surface area contributed by atoms with Crippen molar-refractivity contribution in [2.45, 2.75) is 13.8 Å². The molecule has 26 heavy (non-hydrogen) atoms. The molecule has 0 spiro atoms. The molecule has 0 radical (unpaired) electrons. The molecule has 0 aliphatic carbocycles. The number of amides is 2. The Morgan fingerprint density at radius 1 is 1.00 bits per heavy atom. The summed E-state index contributed by atoms with van der Waals surface area (Å²) < 4.78 is 10.3. The van der Waals surface area contributed by atoms with Gasteiger partial charge >= 0.3 is 5.97 Å². The maximum absolute atomic E-state index is 12.7. The number of hydrogen-bond acceptors (Lipinski definition) is 5. The second kappa shape index (κ2) is 7.00. The molecule has 6 nitrogen and oxygen atoms in total. The van der Waals surface area contributed by atoms with Crippen molar-refractivity contribution in [1.82, 2.24) is 0 Å². The van der Waals surface area contributed by atoms with Crippen LogP contribution in [-0.2, 0) is 4.74 Å². The Hall–Kier alpha value is -3.15. The molecular formula is C20H19NO5. The number of methoxy groups -OCH3 is 1. The second-order valence-corrected chi connectivity index (χ2v) is 6.40. The average Bonchev–Trinajstić information content (AvgIpc) is 2.90. The highest BCUT2D eigenvalue weighted by molar-refractivity contribution is 6.34. The molecule has 2 aromatic rings. The van der Waals surface area contributed by atoms with Gasteiger partial charge in [0.05, 0.1) is 36.1 Å². The third kappa shape index (κ3) is 3.18. The summed E-state index contributed by atoms with van der Waals surface area (Å²) in [6.45, 7) is 4.16. The quantitative estimate of drug-likeness (QED) is 0.609. The number of imide groups is 1. The maximum atomic E-state index is 12.7. The van der Waals surface area contributed by atoms with Gasteiger partial charge in [0.1, 0.15) is 5.75 Å². The van der Waals surface area contributed by atoms with Crippen molar-refractivity contribution in [3.63, 3.8) is 0 Å². The average molecular weight is 353 g/mol. The number of fused-ring (bicyclic) bond motifs is 1. The lowest BCUT2D eigenvalue weighted by atomic mass is 10.1. The molecule has 2 aromatic carbocycles. The number of ether oxygens (including phenoxy) is 2. The number of hydrogen-bond donors (Lipinski definition) is 0. The smallest absolute Gasteiger partial charge is 0.338 e. The zero-order valence-electron chi connectivity index (χ0n) is 14.8. The topological polar surface area (TPSA) is 72.9 Å². The van der Waals surface area contributed by atoms with Crippen LogP contribution in [0.2, 0.25) is 0 Å². The molecule has 0 bridgehead atoms. The van der Waals surface area contributed by atoms with E-state index in [0.29, 0.717) is 18.0 Å². The van der Waals surface area contributed by atoms with Crippen molar-refractivity contribution in [2.24, 2.45) is 5.92 Å². The Morgan fingerprint density at radius 3 is 2.27 bits per heavy atom. The molecule has 134 valence electrons. The highest BCUT2D eigenvalue weighted by atomic mass is 16.5. The van der Waals surface area contributed by atoms with Crippen LogP contribution in [0, 0.1) is 5.92 Å². The molecule has 0 aromatic heterocycles. The van der Waals surface area contributed by atoms with Gasteiger partial charge in [0.15, 0.2) is 0 Å². The van der Waals surface area contributed by atoms with Gasteiger partial charge < -0.3 is 9.47 Å². The number of rotatable bonds is 5. The fraction of sp³-hybridized carbons (Fsp3) is 0.250. The van der Waals surface area contributed by atoms with Crippen LogP contribution >= 0.6 is 0 Å². The van der Waals surface area contributed by atoms with Crippen molar-refractivity contribution in [3.05, 3.63) is 59.2 Å². The first-order chi connectivity index (χ1) is 12.4. The number of carbonyl (C=O) groups is 3. The predicted molar refractivity (Wildman–Crippen MR) is 95.7 cm³/mol. The highest BCUT2D eigenvalue weighted by Crippen LogP contribution is 2.30. The van der Waals surface area contributed by atoms with E-state index in [0.717, 1.165) is 4.90 Å². The SMILES string of the molecule is COc1ccc(N2C(=O)c3ccc(C(=O)OCC(C)C)cc3C2=O)cc1. The zero-order chi connectivity index (χ0) is 18.8. The first kappa shape index (κ1) is 17.7. The van der Waals surface area contributed by atoms with E-state index in [1.165, 1.54) is 25.3 Å². The van der Waals surface area contributed by atoms with Crippen molar-refractivity contribution >= 4 is 23.5 Å². The van der Waals surface area contributed by atoms with Crippen LogP contribution in [0.5, 0.6) is 5.75 Å². The van der Waals surface area contributed by atoms with Gasteiger partial charge in [0.25, 0.3) is 11.8 Å². The van der Waals surface area contributed by atoms with Gasteiger partial charge in [0.2, 0.25) is 0 Å². The molecule has 1 heterocycles. The zero-order valence-corrected chi connectivity index (χ0v) is 14.8. The van der Waals surface area contributed by atoms with E-state index < -0.39 is 17.8 Å². The molecule has 1 aliphatic heterocycles. The minimum atomic E-state index is -0.510. The molecule has 0 N–H and O–H groups in total. The van der Waals surface area contributed by atoms with E-state index in [9.17, 15) is 14.4 Å². The van der Waals surface area contributed by atoms with Gasteiger partial charge in [-0.3, -0.25) is 9.59 Å². The van der Waals surface area contributed by atoms with Crippen molar-refractivity contribution in [1.29, 1.82) is 0 Å². The van der Waals surface area contributed by atoms with E-state index in [4.69, 9.17) is 9.47 Å². The summed E-state index contributed by atoms with van der Waals surface area (Å²) in [4.78, 5) is 38.5. The first-order valence-corrected chi connectivity index (χ1v) is 8.26. The van der Waals surface area contributed by atoms with Gasteiger partial charge in [0, 0.05) is 0 Å². The summed E-state index contributed by atoms with van der Waals surface area (Å²) in [6.07, 6.45) is 0. The maximum Gasteiger partial charge on any atom is 0.338 e. The lowest BCUT2D eigenvalue weighted by Gasteiger charge is -2.14. The standard InChI is InChI=1S/C20H19NO5/c1-12(2)11-26-20(24)13-4-9-16-17(10-13)19(23)21(18(16)22)14-5-7-15(25-3)8-6-14/h4-10,12H,11H2,1-3H3. The van der Waals surface area contributed by atoms with Crippen LogP contribution in [0.25, 0.3) is 0 Å². The Bertz CT molecular complexity index is 870. The van der Waals surface area contributed by atoms with Crippen LogP contribution in [0.1, 0.15) is 44.9 Å². The minimum absolute atomic E-state index is 0.199. The van der Waals surface area contributed by atoms with Gasteiger partial charge in [-0.1, -0.05) is 13.8 Å². The Labute approximate surface area is 151 Å². The van der Waals surface area contributed by atoms with Crippen molar-refractivity contribution in [2.75, 3.05) is 18.6 Å². The molecule has 0 atom stereocenters. The van der Waals surface area contributed by atoms with Gasteiger partial charge in [-0.05, 0) is 48.4 Å². The molecular weight excluding hydrogens is 334 g/mol. The van der Waals surface area contributed by atoms with Crippen LogP contribution in [0.3, 0.4) is 0 Å². The summed E-state index contributed by atoms with van der Waals surface area (Å²) in [7, 11) is 1.54. The monoisotopic (exact) mass is 353 g/mol. The molecule has 1 aliphatic rings. The third-order valence-electron chi connectivity index (χ3n) is 4.00. The van der Waals surface area contributed by atoms with Crippen LogP contribution in [0.4, 0.5) is 5.69 Å².